The second-order valence-electron chi connectivity index (χ2n) is 7.54. The Morgan fingerprint density at radius 1 is 1.23 bits per heavy atom. The second-order valence-corrected chi connectivity index (χ2v) is 7.54. The summed E-state index contributed by atoms with van der Waals surface area (Å²) in [7, 11) is 1.78. The van der Waals surface area contributed by atoms with Gasteiger partial charge in [0.15, 0.2) is 0 Å². The van der Waals surface area contributed by atoms with Crippen LogP contribution in [0.1, 0.15) is 19.2 Å². The number of anilines is 1. The molecule has 2 aromatic carbocycles. The van der Waals surface area contributed by atoms with Gasteiger partial charge in [0.05, 0.1) is 18.8 Å². The summed E-state index contributed by atoms with van der Waals surface area (Å²) in [5.74, 6) is 1.26. The molecule has 0 radical (unpaired) electrons. The minimum Gasteiger partial charge on any atom is -0.485 e. The Morgan fingerprint density at radius 2 is 2.00 bits per heavy atom. The molecule has 162 valence electrons. The molecule has 3 aromatic rings. The summed E-state index contributed by atoms with van der Waals surface area (Å²) in [4.78, 5) is 20.9. The zero-order valence-corrected chi connectivity index (χ0v) is 17.6. The molecule has 1 aromatic heterocycles. The lowest BCUT2D eigenvalue weighted by Gasteiger charge is -2.37. The van der Waals surface area contributed by atoms with Gasteiger partial charge in [-0.05, 0) is 43.3 Å². The fourth-order valence-corrected chi connectivity index (χ4v) is 3.66. The maximum absolute atomic E-state index is 13.1. The van der Waals surface area contributed by atoms with Crippen molar-refractivity contribution in [2.75, 3.05) is 31.6 Å². The van der Waals surface area contributed by atoms with Gasteiger partial charge in [0.2, 0.25) is 17.6 Å². The van der Waals surface area contributed by atoms with E-state index in [1.807, 2.05) is 18.2 Å². The van der Waals surface area contributed by atoms with Crippen LogP contribution in [0.15, 0.2) is 53.1 Å². The molecule has 0 unspecified atom stereocenters. The number of hydrogen-bond donors (Lipinski definition) is 0. The molecule has 0 fully saturated rings. The van der Waals surface area contributed by atoms with Crippen molar-refractivity contribution in [1.82, 2.24) is 15.0 Å². The molecular formula is C23H25FN4O3. The molecule has 1 aliphatic rings. The van der Waals surface area contributed by atoms with E-state index in [0.29, 0.717) is 30.2 Å². The summed E-state index contributed by atoms with van der Waals surface area (Å²) < 4.78 is 24.4. The molecule has 2 heterocycles. The van der Waals surface area contributed by atoms with E-state index in [1.54, 1.807) is 24.1 Å². The summed E-state index contributed by atoms with van der Waals surface area (Å²) in [6.07, 6.45) is 0.493. The number of fused-ring (bicyclic) bond motifs is 1. The monoisotopic (exact) mass is 424 g/mol. The van der Waals surface area contributed by atoms with Crippen LogP contribution in [0, 0.1) is 5.82 Å². The normalized spacial score (nSPS) is 15.3. The van der Waals surface area contributed by atoms with Gasteiger partial charge in [-0.25, -0.2) is 4.39 Å². The predicted molar refractivity (Wildman–Crippen MR) is 114 cm³/mol. The molecule has 4 rings (SSSR count). The zero-order chi connectivity index (χ0) is 21.8. The molecule has 0 aliphatic carbocycles. The van der Waals surface area contributed by atoms with Crippen LogP contribution in [0.2, 0.25) is 0 Å². The van der Waals surface area contributed by atoms with Crippen molar-refractivity contribution in [3.05, 3.63) is 60.2 Å². The summed E-state index contributed by atoms with van der Waals surface area (Å²) >= 11 is 0. The van der Waals surface area contributed by atoms with Crippen LogP contribution in [-0.2, 0) is 11.2 Å². The molecular weight excluding hydrogens is 399 g/mol. The fraction of sp³-hybridized carbons (Fsp3) is 0.348. The van der Waals surface area contributed by atoms with Crippen LogP contribution in [0.4, 0.5) is 10.1 Å². The van der Waals surface area contributed by atoms with Gasteiger partial charge in [0, 0.05) is 32.0 Å². The van der Waals surface area contributed by atoms with Crippen LogP contribution in [-0.4, -0.2) is 53.7 Å². The number of nitrogens with zero attached hydrogens (tertiary/aromatic N) is 4. The maximum atomic E-state index is 13.1. The number of rotatable bonds is 7. The van der Waals surface area contributed by atoms with E-state index in [1.165, 1.54) is 12.1 Å². The number of ether oxygens (including phenoxy) is 1. The Balaban J connectivity index is 1.31. The number of carbonyl (C=O) groups excluding carboxylic acids is 1. The number of likely N-dealkylation sites (N-methyl/N-ethyl adjacent to an activating group) is 2. The van der Waals surface area contributed by atoms with E-state index in [-0.39, 0.29) is 24.2 Å². The lowest BCUT2D eigenvalue weighted by Crippen LogP contribution is -2.46. The van der Waals surface area contributed by atoms with Crippen LogP contribution in [0.3, 0.4) is 0 Å². The average Bonchev–Trinajstić information content (AvgIpc) is 3.26. The first-order valence-corrected chi connectivity index (χ1v) is 10.4. The highest BCUT2D eigenvalue weighted by Gasteiger charge is 2.26. The summed E-state index contributed by atoms with van der Waals surface area (Å²) in [5.41, 5.74) is 1.75. The van der Waals surface area contributed by atoms with Gasteiger partial charge in [-0.2, -0.15) is 4.98 Å². The van der Waals surface area contributed by atoms with Gasteiger partial charge in [0.1, 0.15) is 17.7 Å². The van der Waals surface area contributed by atoms with E-state index in [4.69, 9.17) is 9.26 Å². The van der Waals surface area contributed by atoms with Crippen molar-refractivity contribution < 1.29 is 18.4 Å². The van der Waals surface area contributed by atoms with E-state index in [9.17, 15) is 9.18 Å². The summed E-state index contributed by atoms with van der Waals surface area (Å²) in [6.45, 7) is 4.21. The number of amides is 1. The lowest BCUT2D eigenvalue weighted by molar-refractivity contribution is -0.131. The van der Waals surface area contributed by atoms with Gasteiger partial charge >= 0.3 is 0 Å². The maximum Gasteiger partial charge on any atom is 0.227 e. The van der Waals surface area contributed by atoms with Gasteiger partial charge in [-0.15, -0.1) is 0 Å². The highest BCUT2D eigenvalue weighted by molar-refractivity contribution is 5.76. The number of carbonyl (C=O) groups is 1. The third kappa shape index (κ3) is 4.84. The van der Waals surface area contributed by atoms with E-state index in [0.717, 1.165) is 24.5 Å². The number of aryl methyl sites for hydroxylation is 1. The number of para-hydroxylation sites is 2. The average molecular weight is 424 g/mol. The van der Waals surface area contributed by atoms with Gasteiger partial charge in [-0.1, -0.05) is 17.3 Å². The van der Waals surface area contributed by atoms with Crippen LogP contribution >= 0.6 is 0 Å². The smallest absolute Gasteiger partial charge is 0.227 e. The largest absolute Gasteiger partial charge is 0.485 e. The third-order valence-corrected chi connectivity index (χ3v) is 5.33. The third-order valence-electron chi connectivity index (χ3n) is 5.33. The van der Waals surface area contributed by atoms with Gasteiger partial charge in [-0.3, -0.25) is 4.79 Å². The minimum absolute atomic E-state index is 0.0213. The van der Waals surface area contributed by atoms with Crippen molar-refractivity contribution in [1.29, 1.82) is 0 Å². The predicted octanol–water partition coefficient (Wildman–Crippen LogP) is 3.55. The first kappa shape index (κ1) is 20.8. The highest BCUT2D eigenvalue weighted by atomic mass is 19.1. The molecule has 0 saturated heterocycles. The second kappa shape index (κ2) is 9.16. The summed E-state index contributed by atoms with van der Waals surface area (Å²) in [6, 6.07) is 13.8. The molecule has 7 nitrogen and oxygen atoms in total. The number of benzene rings is 2. The Labute approximate surface area is 180 Å². The quantitative estimate of drug-likeness (QED) is 0.578. The molecule has 1 aliphatic heterocycles. The molecule has 0 spiro atoms. The SMILES string of the molecule is CCN1C[C@H](CN(C)C(=O)CCc2nc(-c3ccc(F)cc3)no2)Oc2ccccc21. The van der Waals surface area contributed by atoms with Crippen LogP contribution in [0.5, 0.6) is 5.75 Å². The van der Waals surface area contributed by atoms with Crippen molar-refractivity contribution >= 4 is 11.6 Å². The standard InChI is InChI=1S/C23H25FN4O3/c1-3-28-15-18(30-20-7-5-4-6-19(20)28)14-27(2)22(29)13-12-21-25-23(26-31-21)16-8-10-17(24)11-9-16/h4-11,18H,3,12-15H2,1-2H3/t18-/m0/s1. The lowest BCUT2D eigenvalue weighted by atomic mass is 10.1. The van der Waals surface area contributed by atoms with Gasteiger partial charge < -0.3 is 19.1 Å². The molecule has 1 amide bonds. The first-order chi connectivity index (χ1) is 15.0. The number of hydrogen-bond acceptors (Lipinski definition) is 6. The molecule has 8 heteroatoms. The summed E-state index contributed by atoms with van der Waals surface area (Å²) in [5, 5.41) is 3.91. The molecule has 0 saturated carbocycles. The minimum atomic E-state index is -0.325. The number of aromatic nitrogens is 2. The Bertz CT molecular complexity index is 1040. The molecule has 1 atom stereocenters. The molecule has 0 bridgehead atoms. The topological polar surface area (TPSA) is 71.7 Å². The number of halogens is 1. The van der Waals surface area contributed by atoms with E-state index in [2.05, 4.69) is 28.0 Å². The Hall–Kier alpha value is -3.42. The van der Waals surface area contributed by atoms with Crippen molar-refractivity contribution in [3.8, 4) is 17.1 Å². The first-order valence-electron chi connectivity index (χ1n) is 10.4. The van der Waals surface area contributed by atoms with Crippen molar-refractivity contribution in [2.24, 2.45) is 0 Å². The van der Waals surface area contributed by atoms with Crippen molar-refractivity contribution in [3.63, 3.8) is 0 Å². The Kier molecular flexibility index (Phi) is 6.16. The molecule has 0 N–H and O–H groups in total. The van der Waals surface area contributed by atoms with Crippen molar-refractivity contribution in [2.45, 2.75) is 25.9 Å². The molecule has 31 heavy (non-hydrogen) atoms. The Morgan fingerprint density at radius 3 is 2.77 bits per heavy atom. The van der Waals surface area contributed by atoms with Crippen LogP contribution in [0.25, 0.3) is 11.4 Å². The van der Waals surface area contributed by atoms with Crippen LogP contribution < -0.4 is 9.64 Å². The van der Waals surface area contributed by atoms with E-state index >= 15 is 0 Å². The fourth-order valence-electron chi connectivity index (χ4n) is 3.66. The highest BCUT2D eigenvalue weighted by Crippen LogP contribution is 2.32. The zero-order valence-electron chi connectivity index (χ0n) is 17.6. The van der Waals surface area contributed by atoms with Gasteiger partial charge in [0.25, 0.3) is 0 Å². The van der Waals surface area contributed by atoms with E-state index < -0.39 is 0 Å².